The highest BCUT2D eigenvalue weighted by molar-refractivity contribution is 5.99. The van der Waals surface area contributed by atoms with Crippen molar-refractivity contribution in [3.05, 3.63) is 108 Å². The van der Waals surface area contributed by atoms with Crippen molar-refractivity contribution in [2.24, 2.45) is 12.0 Å². The molecule has 3 aromatic heterocycles. The van der Waals surface area contributed by atoms with Gasteiger partial charge in [0, 0.05) is 30.6 Å². The number of para-hydroxylation sites is 1. The van der Waals surface area contributed by atoms with Crippen LogP contribution >= 0.6 is 0 Å². The molecule has 8 heteroatoms. The molecule has 5 aromatic rings. The number of aliphatic imine (C=N–C) groups is 1. The number of rotatable bonds is 7. The largest absolute Gasteiger partial charge is 0.467 e. The Kier molecular flexibility index (Phi) is 5.85. The van der Waals surface area contributed by atoms with E-state index in [9.17, 15) is 4.79 Å². The fourth-order valence-electron chi connectivity index (χ4n) is 3.60. The average Bonchev–Trinajstić information content (AvgIpc) is 3.62. The van der Waals surface area contributed by atoms with E-state index in [2.05, 4.69) is 15.4 Å². The first kappa shape index (κ1) is 21.1. The Morgan fingerprint density at radius 2 is 1.82 bits per heavy atom. The molecule has 0 spiro atoms. The number of benzene rings is 2. The Balaban J connectivity index is 1.46. The second-order valence-corrected chi connectivity index (χ2v) is 7.60. The van der Waals surface area contributed by atoms with Gasteiger partial charge < -0.3 is 9.73 Å². The van der Waals surface area contributed by atoms with Gasteiger partial charge in [0.2, 0.25) is 0 Å². The average molecular weight is 451 g/mol. The molecule has 3 heterocycles. The topological polar surface area (TPSA) is 90.2 Å². The number of nitrogens with zero attached hydrogens (tertiary/aromatic N) is 5. The van der Waals surface area contributed by atoms with Gasteiger partial charge >= 0.3 is 0 Å². The lowest BCUT2D eigenvalue weighted by molar-refractivity contribution is 0.0939. The standard InChI is InChI=1S/C26H22N6O2/c1-31-25(26(33)28-16-22-13-8-14-34-22)23(17-29-31)27-15-20-18-32(21-11-6-3-7-12-21)30-24(20)19-9-4-2-5-10-19/h2-15,17-18H,16H2,1H3,(H,28,33). The molecule has 0 aliphatic carbocycles. The number of aromatic nitrogens is 4. The molecule has 0 aliphatic rings. The maximum absolute atomic E-state index is 12.8. The summed E-state index contributed by atoms with van der Waals surface area (Å²) in [5, 5.41) is 11.9. The molecule has 0 fully saturated rings. The van der Waals surface area contributed by atoms with Crippen molar-refractivity contribution in [2.45, 2.75) is 6.54 Å². The summed E-state index contributed by atoms with van der Waals surface area (Å²) in [6.07, 6.45) is 6.78. The van der Waals surface area contributed by atoms with Gasteiger partial charge in [-0.25, -0.2) is 4.68 Å². The summed E-state index contributed by atoms with van der Waals surface area (Å²) in [6, 6.07) is 23.4. The summed E-state index contributed by atoms with van der Waals surface area (Å²) in [4.78, 5) is 17.4. The molecule has 0 saturated heterocycles. The number of amides is 1. The number of aryl methyl sites for hydroxylation is 1. The van der Waals surface area contributed by atoms with Crippen LogP contribution in [0.25, 0.3) is 16.9 Å². The molecule has 0 saturated carbocycles. The fourth-order valence-corrected chi connectivity index (χ4v) is 3.60. The Hall–Kier alpha value is -4.72. The Morgan fingerprint density at radius 3 is 2.56 bits per heavy atom. The van der Waals surface area contributed by atoms with Gasteiger partial charge in [-0.1, -0.05) is 48.5 Å². The first-order valence-corrected chi connectivity index (χ1v) is 10.8. The van der Waals surface area contributed by atoms with Gasteiger partial charge in [-0.3, -0.25) is 14.5 Å². The first-order valence-electron chi connectivity index (χ1n) is 10.8. The molecule has 168 valence electrons. The van der Waals surface area contributed by atoms with E-state index in [0.717, 1.165) is 22.5 Å². The molecule has 0 atom stereocenters. The van der Waals surface area contributed by atoms with Gasteiger partial charge in [0.25, 0.3) is 5.91 Å². The third-order valence-corrected chi connectivity index (χ3v) is 5.29. The van der Waals surface area contributed by atoms with E-state index in [1.54, 1.807) is 37.9 Å². The quantitative estimate of drug-likeness (QED) is 0.369. The number of carbonyl (C=O) groups is 1. The third kappa shape index (κ3) is 4.42. The highest BCUT2D eigenvalue weighted by atomic mass is 16.3. The van der Waals surface area contributed by atoms with Crippen LogP contribution in [-0.4, -0.2) is 31.7 Å². The smallest absolute Gasteiger partial charge is 0.272 e. The number of carbonyl (C=O) groups excluding carboxylic acids is 1. The van der Waals surface area contributed by atoms with Crippen molar-refractivity contribution in [1.82, 2.24) is 24.9 Å². The van der Waals surface area contributed by atoms with Crippen LogP contribution in [0.4, 0.5) is 5.69 Å². The number of hydrogen-bond donors (Lipinski definition) is 1. The molecule has 0 aliphatic heterocycles. The molecule has 34 heavy (non-hydrogen) atoms. The zero-order valence-corrected chi connectivity index (χ0v) is 18.5. The van der Waals surface area contributed by atoms with Gasteiger partial charge in [-0.05, 0) is 24.3 Å². The summed E-state index contributed by atoms with van der Waals surface area (Å²) in [5.41, 5.74) is 4.35. The van der Waals surface area contributed by atoms with Crippen LogP contribution in [0.2, 0.25) is 0 Å². The molecular formula is C26H22N6O2. The molecule has 1 amide bonds. The van der Waals surface area contributed by atoms with E-state index in [0.29, 0.717) is 17.1 Å². The predicted molar refractivity (Wildman–Crippen MR) is 129 cm³/mol. The van der Waals surface area contributed by atoms with Crippen molar-refractivity contribution in [1.29, 1.82) is 0 Å². The zero-order chi connectivity index (χ0) is 23.3. The van der Waals surface area contributed by atoms with Gasteiger partial charge in [0.15, 0.2) is 5.69 Å². The van der Waals surface area contributed by atoms with Crippen molar-refractivity contribution in [3.63, 3.8) is 0 Å². The maximum atomic E-state index is 12.8. The van der Waals surface area contributed by atoms with Crippen LogP contribution < -0.4 is 5.32 Å². The highest BCUT2D eigenvalue weighted by Crippen LogP contribution is 2.24. The van der Waals surface area contributed by atoms with E-state index in [1.165, 1.54) is 4.68 Å². The Morgan fingerprint density at radius 1 is 1.06 bits per heavy atom. The lowest BCUT2D eigenvalue weighted by Gasteiger charge is -2.04. The molecule has 8 nitrogen and oxygen atoms in total. The summed E-state index contributed by atoms with van der Waals surface area (Å²) in [7, 11) is 1.71. The maximum Gasteiger partial charge on any atom is 0.272 e. The van der Waals surface area contributed by atoms with Crippen LogP contribution in [0.1, 0.15) is 21.8 Å². The Labute approximate surface area is 196 Å². The highest BCUT2D eigenvalue weighted by Gasteiger charge is 2.17. The van der Waals surface area contributed by atoms with Crippen LogP contribution in [0, 0.1) is 0 Å². The predicted octanol–water partition coefficient (Wildman–Crippen LogP) is 4.55. The van der Waals surface area contributed by atoms with Crippen LogP contribution in [0.3, 0.4) is 0 Å². The van der Waals surface area contributed by atoms with Gasteiger partial charge in [-0.15, -0.1) is 0 Å². The van der Waals surface area contributed by atoms with Gasteiger partial charge in [0.1, 0.15) is 17.1 Å². The van der Waals surface area contributed by atoms with E-state index < -0.39 is 0 Å². The van der Waals surface area contributed by atoms with E-state index in [4.69, 9.17) is 9.52 Å². The van der Waals surface area contributed by atoms with E-state index in [1.807, 2.05) is 71.5 Å². The lowest BCUT2D eigenvalue weighted by Crippen LogP contribution is -2.25. The second kappa shape index (κ2) is 9.41. The molecule has 0 radical (unpaired) electrons. The third-order valence-electron chi connectivity index (χ3n) is 5.29. The summed E-state index contributed by atoms with van der Waals surface area (Å²) < 4.78 is 8.62. The van der Waals surface area contributed by atoms with Crippen LogP contribution in [0.15, 0.2) is 101 Å². The molecule has 0 unspecified atom stereocenters. The van der Waals surface area contributed by atoms with Gasteiger partial charge in [-0.2, -0.15) is 10.2 Å². The molecule has 2 aromatic carbocycles. The summed E-state index contributed by atoms with van der Waals surface area (Å²) in [5.74, 6) is 0.383. The number of hydrogen-bond acceptors (Lipinski definition) is 5. The minimum atomic E-state index is -0.285. The SMILES string of the molecule is Cn1ncc(N=Cc2cn(-c3ccccc3)nc2-c2ccccc2)c1C(=O)NCc1ccco1. The van der Waals surface area contributed by atoms with Crippen molar-refractivity contribution >= 4 is 17.8 Å². The zero-order valence-electron chi connectivity index (χ0n) is 18.5. The van der Waals surface area contributed by atoms with Crippen molar-refractivity contribution in [3.8, 4) is 16.9 Å². The first-order chi connectivity index (χ1) is 16.7. The monoisotopic (exact) mass is 450 g/mol. The second-order valence-electron chi connectivity index (χ2n) is 7.60. The number of nitrogens with one attached hydrogen (secondary N) is 1. The Bertz CT molecular complexity index is 1420. The summed E-state index contributed by atoms with van der Waals surface area (Å²) in [6.45, 7) is 0.280. The molecular weight excluding hydrogens is 428 g/mol. The van der Waals surface area contributed by atoms with Crippen molar-refractivity contribution < 1.29 is 9.21 Å². The summed E-state index contributed by atoms with van der Waals surface area (Å²) >= 11 is 0. The molecule has 0 bridgehead atoms. The lowest BCUT2D eigenvalue weighted by atomic mass is 10.1. The van der Waals surface area contributed by atoms with Crippen LogP contribution in [0.5, 0.6) is 0 Å². The molecule has 1 N–H and O–H groups in total. The van der Waals surface area contributed by atoms with Crippen molar-refractivity contribution in [2.75, 3.05) is 0 Å². The minimum absolute atomic E-state index is 0.280. The van der Waals surface area contributed by atoms with E-state index in [-0.39, 0.29) is 12.5 Å². The van der Waals surface area contributed by atoms with Gasteiger partial charge in [0.05, 0.1) is 24.7 Å². The number of furan rings is 1. The van der Waals surface area contributed by atoms with E-state index >= 15 is 0 Å². The molecule has 5 rings (SSSR count). The van der Waals surface area contributed by atoms with Crippen LogP contribution in [-0.2, 0) is 13.6 Å². The fraction of sp³-hybridized carbons (Fsp3) is 0.0769. The minimum Gasteiger partial charge on any atom is -0.467 e. The normalized spacial score (nSPS) is 11.2.